The number of hydrogen-bond donors (Lipinski definition) is 1. The normalized spacial score (nSPS) is 11.3. The minimum Gasteiger partial charge on any atom is -0.479 e. The first-order chi connectivity index (χ1) is 11.0. The van der Waals surface area contributed by atoms with E-state index in [1.807, 2.05) is 63.2 Å². The summed E-state index contributed by atoms with van der Waals surface area (Å²) in [7, 11) is 0. The molecule has 0 fully saturated rings. The van der Waals surface area contributed by atoms with E-state index < -0.39 is 0 Å². The Morgan fingerprint density at radius 1 is 0.826 bits per heavy atom. The quantitative estimate of drug-likeness (QED) is 0.604. The van der Waals surface area contributed by atoms with E-state index in [9.17, 15) is 5.11 Å². The van der Waals surface area contributed by atoms with Crippen LogP contribution >= 0.6 is 0 Å². The van der Waals surface area contributed by atoms with Crippen molar-refractivity contribution in [1.29, 1.82) is 0 Å². The van der Waals surface area contributed by atoms with Crippen LogP contribution in [0.4, 0.5) is 11.4 Å². The summed E-state index contributed by atoms with van der Waals surface area (Å²) in [5.74, 6) is 0.360. The largest absolute Gasteiger partial charge is 0.479 e. The zero-order valence-corrected chi connectivity index (χ0v) is 13.4. The van der Waals surface area contributed by atoms with Gasteiger partial charge in [0.1, 0.15) is 5.76 Å². The summed E-state index contributed by atoms with van der Waals surface area (Å²) < 4.78 is 5.45. The molecule has 0 unspecified atom stereocenters. The molecule has 0 saturated heterocycles. The minimum atomic E-state index is -0.225. The van der Waals surface area contributed by atoms with Crippen molar-refractivity contribution in [3.05, 3.63) is 65.2 Å². The summed E-state index contributed by atoms with van der Waals surface area (Å²) in [6, 6.07) is 15.5. The molecule has 0 bridgehead atoms. The fourth-order valence-electron chi connectivity index (χ4n) is 2.30. The molecule has 23 heavy (non-hydrogen) atoms. The average Bonchev–Trinajstić information content (AvgIpc) is 2.90. The van der Waals surface area contributed by atoms with E-state index in [4.69, 9.17) is 4.42 Å². The molecule has 0 atom stereocenters. The number of hydrogen-bond acceptors (Lipinski definition) is 4. The van der Waals surface area contributed by atoms with E-state index in [2.05, 4.69) is 10.2 Å². The van der Waals surface area contributed by atoms with Gasteiger partial charge >= 0.3 is 5.95 Å². The van der Waals surface area contributed by atoms with Gasteiger partial charge < -0.3 is 9.52 Å². The van der Waals surface area contributed by atoms with Crippen LogP contribution in [0.15, 0.2) is 63.2 Å². The summed E-state index contributed by atoms with van der Waals surface area (Å²) in [5, 5.41) is 18.2. The molecule has 116 valence electrons. The molecule has 3 rings (SSSR count). The first-order valence-corrected chi connectivity index (χ1v) is 7.42. The van der Waals surface area contributed by atoms with Gasteiger partial charge in [0.25, 0.3) is 0 Å². The van der Waals surface area contributed by atoms with E-state index in [1.165, 1.54) is 0 Å². The van der Waals surface area contributed by atoms with Gasteiger partial charge in [-0.2, -0.15) is 5.11 Å². The molecule has 2 aromatic carbocycles. The first kappa shape index (κ1) is 15.0. The average molecular weight is 306 g/mol. The van der Waals surface area contributed by atoms with Crippen LogP contribution in [0.1, 0.15) is 16.7 Å². The van der Waals surface area contributed by atoms with Crippen molar-refractivity contribution in [2.45, 2.75) is 20.8 Å². The predicted molar refractivity (Wildman–Crippen MR) is 90.6 cm³/mol. The molecule has 0 radical (unpaired) electrons. The van der Waals surface area contributed by atoms with Crippen molar-refractivity contribution in [1.82, 2.24) is 0 Å². The monoisotopic (exact) mass is 306 g/mol. The van der Waals surface area contributed by atoms with Crippen LogP contribution in [0.2, 0.25) is 0 Å². The van der Waals surface area contributed by atoms with Gasteiger partial charge in [-0.1, -0.05) is 35.4 Å². The van der Waals surface area contributed by atoms with Gasteiger partial charge in [0.05, 0.1) is 5.69 Å². The predicted octanol–water partition coefficient (Wildman–Crippen LogP) is 5.99. The van der Waals surface area contributed by atoms with Gasteiger partial charge in [-0.15, -0.1) is 5.11 Å². The Bertz CT molecular complexity index is 862. The molecule has 4 heteroatoms. The maximum absolute atomic E-state index is 9.95. The van der Waals surface area contributed by atoms with Crippen LogP contribution in [-0.2, 0) is 0 Å². The number of aromatic hydroxyl groups is 1. The fourth-order valence-corrected chi connectivity index (χ4v) is 2.30. The summed E-state index contributed by atoms with van der Waals surface area (Å²) >= 11 is 0. The Labute approximate surface area is 135 Å². The second-order valence-corrected chi connectivity index (χ2v) is 5.65. The number of furan rings is 1. The Hall–Kier alpha value is -2.88. The van der Waals surface area contributed by atoms with Gasteiger partial charge in [-0.25, -0.2) is 0 Å². The van der Waals surface area contributed by atoms with Crippen molar-refractivity contribution >= 4 is 11.4 Å². The van der Waals surface area contributed by atoms with E-state index >= 15 is 0 Å². The Morgan fingerprint density at radius 2 is 1.52 bits per heavy atom. The van der Waals surface area contributed by atoms with Crippen LogP contribution in [-0.4, -0.2) is 5.11 Å². The molecular formula is C19H18N2O2. The molecule has 4 nitrogen and oxygen atoms in total. The number of benzene rings is 2. The molecule has 0 spiro atoms. The van der Waals surface area contributed by atoms with Crippen molar-refractivity contribution < 1.29 is 9.52 Å². The highest BCUT2D eigenvalue weighted by Crippen LogP contribution is 2.38. The van der Waals surface area contributed by atoms with Crippen LogP contribution in [0.3, 0.4) is 0 Å². The first-order valence-electron chi connectivity index (χ1n) is 7.42. The van der Waals surface area contributed by atoms with Crippen molar-refractivity contribution in [2.24, 2.45) is 10.2 Å². The topological polar surface area (TPSA) is 58.1 Å². The van der Waals surface area contributed by atoms with Crippen LogP contribution in [0.5, 0.6) is 5.95 Å². The third-order valence-electron chi connectivity index (χ3n) is 3.66. The molecule has 1 N–H and O–H groups in total. The van der Waals surface area contributed by atoms with Gasteiger partial charge in [-0.05, 0) is 44.5 Å². The Morgan fingerprint density at radius 3 is 2.26 bits per heavy atom. The molecule has 1 aromatic heterocycles. The zero-order chi connectivity index (χ0) is 16.4. The highest BCUT2D eigenvalue weighted by Gasteiger charge is 2.13. The van der Waals surface area contributed by atoms with Crippen LogP contribution in [0, 0.1) is 20.8 Å². The van der Waals surface area contributed by atoms with Gasteiger partial charge in [0, 0.05) is 11.6 Å². The number of rotatable bonds is 3. The second kappa shape index (κ2) is 6.08. The van der Waals surface area contributed by atoms with Crippen molar-refractivity contribution in [2.75, 3.05) is 0 Å². The van der Waals surface area contributed by atoms with Gasteiger partial charge in [-0.3, -0.25) is 0 Å². The van der Waals surface area contributed by atoms with Crippen LogP contribution < -0.4 is 0 Å². The van der Waals surface area contributed by atoms with Crippen LogP contribution in [0.25, 0.3) is 11.3 Å². The number of aryl methyl sites for hydroxylation is 3. The lowest BCUT2D eigenvalue weighted by atomic mass is 10.0. The highest BCUT2D eigenvalue weighted by atomic mass is 16.5. The third kappa shape index (κ3) is 3.31. The third-order valence-corrected chi connectivity index (χ3v) is 3.66. The molecule has 0 aliphatic carbocycles. The molecule has 0 aliphatic rings. The van der Waals surface area contributed by atoms with Crippen molar-refractivity contribution in [3.8, 4) is 17.3 Å². The van der Waals surface area contributed by atoms with E-state index in [1.54, 1.807) is 6.07 Å². The SMILES string of the molecule is Cc1ccc(N=Nc2cc(-c3cc(C)ccc3C)oc2O)cc1. The second-order valence-electron chi connectivity index (χ2n) is 5.65. The number of nitrogens with zero attached hydrogens (tertiary/aromatic N) is 2. The Balaban J connectivity index is 1.92. The molecule has 0 aliphatic heterocycles. The Kier molecular flexibility index (Phi) is 3.98. The molecule has 1 heterocycles. The van der Waals surface area contributed by atoms with E-state index in [0.29, 0.717) is 11.4 Å². The fraction of sp³-hybridized carbons (Fsp3) is 0.158. The lowest BCUT2D eigenvalue weighted by Gasteiger charge is -2.03. The highest BCUT2D eigenvalue weighted by molar-refractivity contribution is 5.68. The summed E-state index contributed by atoms with van der Waals surface area (Å²) in [6.45, 7) is 6.03. The summed E-state index contributed by atoms with van der Waals surface area (Å²) in [4.78, 5) is 0. The van der Waals surface area contributed by atoms with E-state index in [0.717, 1.165) is 27.9 Å². The summed E-state index contributed by atoms with van der Waals surface area (Å²) in [6.07, 6.45) is 0. The van der Waals surface area contributed by atoms with E-state index in [-0.39, 0.29) is 5.95 Å². The van der Waals surface area contributed by atoms with Crippen molar-refractivity contribution in [3.63, 3.8) is 0 Å². The molecular weight excluding hydrogens is 288 g/mol. The molecule has 0 saturated carbocycles. The number of azo groups is 1. The van der Waals surface area contributed by atoms with Gasteiger partial charge in [0.2, 0.25) is 0 Å². The van der Waals surface area contributed by atoms with Gasteiger partial charge in [0.15, 0.2) is 5.69 Å². The minimum absolute atomic E-state index is 0.225. The zero-order valence-electron chi connectivity index (χ0n) is 13.4. The smallest absolute Gasteiger partial charge is 0.311 e. The standard InChI is InChI=1S/C19H18N2O2/c1-12-5-8-15(9-6-12)20-21-17-11-18(23-19(17)22)16-10-13(2)4-7-14(16)3/h4-11,22H,1-3H3. The molecule has 3 aromatic rings. The maximum atomic E-state index is 9.95. The maximum Gasteiger partial charge on any atom is 0.311 e. The lowest BCUT2D eigenvalue weighted by Crippen LogP contribution is -1.82. The lowest BCUT2D eigenvalue weighted by molar-refractivity contribution is 0.339. The summed E-state index contributed by atoms with van der Waals surface area (Å²) in [5.41, 5.74) is 5.35. The molecule has 0 amide bonds.